The van der Waals surface area contributed by atoms with Gasteiger partial charge in [0.25, 0.3) is 0 Å². The van der Waals surface area contributed by atoms with Gasteiger partial charge in [-0.3, -0.25) is 0 Å². The minimum absolute atomic E-state index is 0.199. The van der Waals surface area contributed by atoms with Gasteiger partial charge in [-0.2, -0.15) is 0 Å². The Bertz CT molecular complexity index is 1480. The van der Waals surface area contributed by atoms with E-state index in [1.165, 1.54) is 0 Å². The Balaban J connectivity index is 1.59. The molecule has 0 aliphatic heterocycles. The van der Waals surface area contributed by atoms with Gasteiger partial charge < -0.3 is 0 Å². The number of hydrogen-bond donors (Lipinski definition) is 0. The number of rotatable bonds is 4. The van der Waals surface area contributed by atoms with Crippen LogP contribution in [0, 0.1) is 13.8 Å². The fourth-order valence-electron chi connectivity index (χ4n) is 4.17. The average molecular weight is 475 g/mol. The molecule has 0 bridgehead atoms. The lowest BCUT2D eigenvalue weighted by atomic mass is 10.1. The van der Waals surface area contributed by atoms with Gasteiger partial charge >= 0.3 is 0 Å². The van der Waals surface area contributed by atoms with E-state index in [9.17, 15) is 16.8 Å². The van der Waals surface area contributed by atoms with Crippen LogP contribution in [0.25, 0.3) is 11.1 Å². The molecule has 6 heteroatoms. The molecular weight excluding hydrogens is 452 g/mol. The van der Waals surface area contributed by atoms with E-state index in [0.717, 1.165) is 33.4 Å². The van der Waals surface area contributed by atoms with Crippen LogP contribution >= 0.6 is 0 Å². The van der Waals surface area contributed by atoms with Gasteiger partial charge in [-0.05, 0) is 91.1 Å². The maximum Gasteiger partial charge on any atom is 0.206 e. The van der Waals surface area contributed by atoms with Crippen molar-refractivity contribution < 1.29 is 16.8 Å². The van der Waals surface area contributed by atoms with Crippen molar-refractivity contribution in [3.63, 3.8) is 0 Å². The second kappa shape index (κ2) is 7.68. The first kappa shape index (κ1) is 21.6. The molecule has 5 rings (SSSR count). The molecule has 4 aromatic carbocycles. The molecule has 1 aliphatic carbocycles. The van der Waals surface area contributed by atoms with Crippen LogP contribution in [0.4, 0.5) is 0 Å². The fourth-order valence-corrected chi connectivity index (χ4v) is 6.74. The first-order valence-corrected chi connectivity index (χ1v) is 13.5. The van der Waals surface area contributed by atoms with Crippen LogP contribution in [0.3, 0.4) is 0 Å². The molecule has 0 unspecified atom stereocenters. The van der Waals surface area contributed by atoms with E-state index in [4.69, 9.17) is 0 Å². The van der Waals surface area contributed by atoms with E-state index in [1.807, 2.05) is 26.0 Å². The summed E-state index contributed by atoms with van der Waals surface area (Å²) >= 11 is 0. The highest BCUT2D eigenvalue weighted by Crippen LogP contribution is 2.40. The van der Waals surface area contributed by atoms with Crippen LogP contribution in [0.1, 0.15) is 22.3 Å². The zero-order chi connectivity index (χ0) is 23.4. The molecule has 33 heavy (non-hydrogen) atoms. The second-order valence-electron chi connectivity index (χ2n) is 8.45. The Morgan fingerprint density at radius 3 is 1.18 bits per heavy atom. The second-order valence-corrected chi connectivity index (χ2v) is 12.3. The maximum absolute atomic E-state index is 13.2. The van der Waals surface area contributed by atoms with Crippen LogP contribution in [0.15, 0.2) is 105 Å². The summed E-state index contributed by atoms with van der Waals surface area (Å²) in [7, 11) is -7.37. The molecule has 0 saturated carbocycles. The Labute approximate surface area is 194 Å². The van der Waals surface area contributed by atoms with Crippen molar-refractivity contribution in [2.24, 2.45) is 0 Å². The molecule has 4 aromatic rings. The summed E-state index contributed by atoms with van der Waals surface area (Å²) in [5.74, 6) is 0. The number of fused-ring (bicyclic) bond motifs is 3. The Hall–Kier alpha value is -3.22. The van der Waals surface area contributed by atoms with Crippen molar-refractivity contribution in [2.45, 2.75) is 39.9 Å². The van der Waals surface area contributed by atoms with E-state index in [0.29, 0.717) is 6.42 Å². The number of aryl methyl sites for hydroxylation is 2. The van der Waals surface area contributed by atoms with Crippen LogP contribution in [0.2, 0.25) is 0 Å². The van der Waals surface area contributed by atoms with Crippen molar-refractivity contribution in [2.75, 3.05) is 0 Å². The smallest absolute Gasteiger partial charge is 0.206 e. The van der Waals surface area contributed by atoms with Crippen molar-refractivity contribution >= 4 is 19.7 Å². The maximum atomic E-state index is 13.2. The van der Waals surface area contributed by atoms with Gasteiger partial charge in [0.15, 0.2) is 0 Å². The summed E-state index contributed by atoms with van der Waals surface area (Å²) in [5.41, 5.74) is 5.46. The van der Waals surface area contributed by atoms with Crippen molar-refractivity contribution in [1.29, 1.82) is 0 Å². The summed E-state index contributed by atoms with van der Waals surface area (Å²) in [5, 5.41) is 0. The molecule has 0 amide bonds. The lowest BCUT2D eigenvalue weighted by Crippen LogP contribution is -2.03. The van der Waals surface area contributed by atoms with Crippen molar-refractivity contribution in [3.05, 3.63) is 107 Å². The van der Waals surface area contributed by atoms with Gasteiger partial charge in [-0.25, -0.2) is 16.8 Å². The Morgan fingerprint density at radius 1 is 0.485 bits per heavy atom. The summed E-state index contributed by atoms with van der Waals surface area (Å²) in [6.45, 7) is 3.82. The quantitative estimate of drug-likeness (QED) is 0.343. The highest BCUT2D eigenvalue weighted by molar-refractivity contribution is 7.91. The normalized spacial score (nSPS) is 12.9. The summed E-state index contributed by atoms with van der Waals surface area (Å²) in [6.07, 6.45) is 0.639. The first-order chi connectivity index (χ1) is 15.7. The number of hydrogen-bond acceptors (Lipinski definition) is 4. The van der Waals surface area contributed by atoms with Gasteiger partial charge in [-0.15, -0.1) is 0 Å². The SMILES string of the molecule is Cc1ccc(S(=O)(=O)c2ccc3c(c2)-c2cc(S(=O)(=O)c4ccc(C)cc4)ccc2C3)cc1. The van der Waals surface area contributed by atoms with Crippen LogP contribution in [-0.2, 0) is 26.1 Å². The molecule has 1 aliphatic rings. The molecule has 0 heterocycles. The minimum atomic E-state index is -3.68. The van der Waals surface area contributed by atoms with Crippen molar-refractivity contribution in [3.8, 4) is 11.1 Å². The lowest BCUT2D eigenvalue weighted by Gasteiger charge is -2.10. The average Bonchev–Trinajstić information content (AvgIpc) is 3.17. The van der Waals surface area contributed by atoms with Gasteiger partial charge in [0.1, 0.15) is 0 Å². The Kier molecular flexibility index (Phi) is 5.03. The van der Waals surface area contributed by atoms with E-state index >= 15 is 0 Å². The first-order valence-electron chi connectivity index (χ1n) is 10.6. The molecule has 0 N–H and O–H groups in total. The highest BCUT2D eigenvalue weighted by Gasteiger charge is 2.26. The third-order valence-electron chi connectivity index (χ3n) is 6.12. The molecule has 0 atom stereocenters. The summed E-state index contributed by atoms with van der Waals surface area (Å²) in [4.78, 5) is 0.874. The van der Waals surface area contributed by atoms with E-state index in [2.05, 4.69) is 0 Å². The molecule has 4 nitrogen and oxygen atoms in total. The van der Waals surface area contributed by atoms with Gasteiger partial charge in [0, 0.05) is 0 Å². The topological polar surface area (TPSA) is 68.3 Å². The zero-order valence-electron chi connectivity index (χ0n) is 18.2. The standard InChI is InChI=1S/C27H22O4S2/c1-18-3-9-22(10-4-18)32(28,29)24-13-7-20-15-21-8-14-25(17-27(21)26(20)16-24)33(30,31)23-11-5-19(2)6-12-23/h3-14,16-17H,15H2,1-2H3. The highest BCUT2D eigenvalue weighted by atomic mass is 32.2. The molecule has 0 aromatic heterocycles. The molecule has 0 radical (unpaired) electrons. The molecule has 166 valence electrons. The number of sulfone groups is 2. The van der Waals surface area contributed by atoms with E-state index in [1.54, 1.807) is 72.8 Å². The predicted octanol–water partition coefficient (Wildman–Crippen LogP) is 5.54. The van der Waals surface area contributed by atoms with Crippen LogP contribution in [-0.4, -0.2) is 16.8 Å². The van der Waals surface area contributed by atoms with E-state index < -0.39 is 19.7 Å². The molecule has 0 fully saturated rings. The third kappa shape index (κ3) is 3.69. The Morgan fingerprint density at radius 2 is 0.818 bits per heavy atom. The minimum Gasteiger partial charge on any atom is -0.219 e. The molecular formula is C27H22O4S2. The monoisotopic (exact) mass is 474 g/mol. The summed E-state index contributed by atoms with van der Waals surface area (Å²) in [6, 6.07) is 23.8. The number of benzene rings is 4. The fraction of sp³-hybridized carbons (Fsp3) is 0.111. The molecule has 0 saturated heterocycles. The predicted molar refractivity (Wildman–Crippen MR) is 128 cm³/mol. The van der Waals surface area contributed by atoms with Crippen molar-refractivity contribution in [1.82, 2.24) is 0 Å². The van der Waals surface area contributed by atoms with Gasteiger partial charge in [0.2, 0.25) is 19.7 Å². The molecule has 0 spiro atoms. The van der Waals surface area contributed by atoms with Gasteiger partial charge in [0.05, 0.1) is 19.6 Å². The largest absolute Gasteiger partial charge is 0.219 e. The third-order valence-corrected chi connectivity index (χ3v) is 9.65. The van der Waals surface area contributed by atoms with Crippen LogP contribution in [0.5, 0.6) is 0 Å². The lowest BCUT2D eigenvalue weighted by molar-refractivity contribution is 0.594. The summed E-state index contributed by atoms with van der Waals surface area (Å²) < 4.78 is 52.8. The van der Waals surface area contributed by atoms with Gasteiger partial charge in [-0.1, -0.05) is 47.5 Å². The van der Waals surface area contributed by atoms with Crippen LogP contribution < -0.4 is 0 Å². The zero-order valence-corrected chi connectivity index (χ0v) is 19.9. The van der Waals surface area contributed by atoms with E-state index in [-0.39, 0.29) is 19.6 Å².